The highest BCUT2D eigenvalue weighted by molar-refractivity contribution is 8.04. The van der Waals surface area contributed by atoms with E-state index in [0.717, 1.165) is 28.1 Å². The van der Waals surface area contributed by atoms with Gasteiger partial charge in [0.05, 0.1) is 17.1 Å². The summed E-state index contributed by atoms with van der Waals surface area (Å²) in [5.74, 6) is 0.495. The number of nitrogens with one attached hydrogen (secondary N) is 1. The van der Waals surface area contributed by atoms with E-state index in [2.05, 4.69) is 43.4 Å². The number of para-hydroxylation sites is 1. The molecule has 1 aliphatic carbocycles. The number of carbonyl (C=O) groups is 2. The molecule has 2 amide bonds. The average molecular weight is 497 g/mol. The fourth-order valence-electron chi connectivity index (χ4n) is 5.08. The van der Waals surface area contributed by atoms with Crippen LogP contribution < -0.4 is 10.2 Å². The second-order valence-corrected chi connectivity index (χ2v) is 11.0. The molecule has 0 radical (unpaired) electrons. The van der Waals surface area contributed by atoms with Crippen molar-refractivity contribution in [3.8, 4) is 0 Å². The average Bonchev–Trinajstić information content (AvgIpc) is 2.88. The van der Waals surface area contributed by atoms with Gasteiger partial charge in [-0.1, -0.05) is 85.6 Å². The van der Waals surface area contributed by atoms with Gasteiger partial charge in [-0.25, -0.2) is 0 Å². The number of fused-ring (bicyclic) bond motifs is 1. The van der Waals surface area contributed by atoms with E-state index >= 15 is 0 Å². The SMILES string of the molecule is Cc1cccc(CN2C(=O)C(=Cc3ccc(C(=O)NC4CCCCC4C)cc3)Sc3ccccc32)c1. The normalized spacial score (nSPS) is 20.8. The van der Waals surface area contributed by atoms with Crippen LogP contribution in [0.25, 0.3) is 6.08 Å². The second kappa shape index (κ2) is 10.8. The molecular weight excluding hydrogens is 464 g/mol. The molecule has 3 aromatic carbocycles. The molecule has 3 aromatic rings. The van der Waals surface area contributed by atoms with Crippen LogP contribution in [-0.2, 0) is 11.3 Å². The molecule has 2 aliphatic rings. The summed E-state index contributed by atoms with van der Waals surface area (Å²) in [6.07, 6.45) is 6.58. The smallest absolute Gasteiger partial charge is 0.265 e. The maximum absolute atomic E-state index is 13.6. The topological polar surface area (TPSA) is 49.4 Å². The maximum Gasteiger partial charge on any atom is 0.265 e. The van der Waals surface area contributed by atoms with Gasteiger partial charge < -0.3 is 10.2 Å². The highest BCUT2D eigenvalue weighted by atomic mass is 32.2. The lowest BCUT2D eigenvalue weighted by molar-refractivity contribution is -0.114. The standard InChI is InChI=1S/C31H32N2O2S/c1-21-8-7-10-24(18-21)20-33-27-12-5-6-13-28(27)36-29(31(33)35)19-23-14-16-25(17-15-23)30(34)32-26-11-4-3-9-22(26)2/h5-8,10,12-19,22,26H,3-4,9,11,20H2,1-2H3,(H,32,34). The van der Waals surface area contributed by atoms with E-state index in [-0.39, 0.29) is 17.9 Å². The highest BCUT2D eigenvalue weighted by Gasteiger charge is 2.29. The van der Waals surface area contributed by atoms with E-state index in [1.165, 1.54) is 36.6 Å². The number of thioether (sulfide) groups is 1. The first kappa shape index (κ1) is 24.4. The van der Waals surface area contributed by atoms with Gasteiger partial charge in [0.15, 0.2) is 0 Å². The van der Waals surface area contributed by atoms with Crippen LogP contribution in [0, 0.1) is 12.8 Å². The Balaban J connectivity index is 1.35. The summed E-state index contributed by atoms with van der Waals surface area (Å²) in [6, 6.07) is 24.1. The predicted molar refractivity (Wildman–Crippen MR) is 148 cm³/mol. The molecular formula is C31H32N2O2S. The zero-order valence-electron chi connectivity index (χ0n) is 20.9. The number of aryl methyl sites for hydroxylation is 1. The van der Waals surface area contributed by atoms with Gasteiger partial charge in [-0.05, 0) is 67.2 Å². The molecule has 1 aliphatic heterocycles. The first-order valence-corrected chi connectivity index (χ1v) is 13.6. The van der Waals surface area contributed by atoms with Crippen LogP contribution in [0.5, 0.6) is 0 Å². The summed E-state index contributed by atoms with van der Waals surface area (Å²) >= 11 is 1.50. The molecule has 0 saturated heterocycles. The van der Waals surface area contributed by atoms with Gasteiger partial charge in [0.25, 0.3) is 11.8 Å². The third-order valence-electron chi connectivity index (χ3n) is 7.15. The minimum atomic E-state index is -0.0191. The molecule has 1 heterocycles. The summed E-state index contributed by atoms with van der Waals surface area (Å²) in [7, 11) is 0. The van der Waals surface area contributed by atoms with Gasteiger partial charge >= 0.3 is 0 Å². The number of anilines is 1. The molecule has 1 N–H and O–H groups in total. The third kappa shape index (κ3) is 5.41. The number of hydrogen-bond donors (Lipinski definition) is 1. The summed E-state index contributed by atoms with van der Waals surface area (Å²) in [5, 5.41) is 3.22. The van der Waals surface area contributed by atoms with E-state index in [4.69, 9.17) is 0 Å². The molecule has 5 heteroatoms. The Morgan fingerprint density at radius 1 is 1.03 bits per heavy atom. The maximum atomic E-state index is 13.6. The molecule has 1 saturated carbocycles. The van der Waals surface area contributed by atoms with Crippen LogP contribution >= 0.6 is 11.8 Å². The first-order chi connectivity index (χ1) is 17.5. The Morgan fingerprint density at radius 2 is 1.81 bits per heavy atom. The van der Waals surface area contributed by atoms with Gasteiger partial charge in [0, 0.05) is 16.5 Å². The molecule has 5 rings (SSSR count). The summed E-state index contributed by atoms with van der Waals surface area (Å²) in [5.41, 5.74) is 4.78. The van der Waals surface area contributed by atoms with Crippen LogP contribution in [0.15, 0.2) is 82.6 Å². The molecule has 0 aromatic heterocycles. The summed E-state index contributed by atoms with van der Waals surface area (Å²) < 4.78 is 0. The number of amides is 2. The fraction of sp³-hybridized carbons (Fsp3) is 0.290. The zero-order chi connectivity index (χ0) is 25.1. The molecule has 2 unspecified atom stereocenters. The lowest BCUT2D eigenvalue weighted by atomic mass is 9.86. The van der Waals surface area contributed by atoms with Crippen molar-refractivity contribution in [3.05, 3.63) is 100.0 Å². The van der Waals surface area contributed by atoms with Crippen molar-refractivity contribution in [2.45, 2.75) is 57.0 Å². The second-order valence-electron chi connectivity index (χ2n) is 9.92. The lowest BCUT2D eigenvalue weighted by Gasteiger charge is -2.30. The molecule has 36 heavy (non-hydrogen) atoms. The molecule has 184 valence electrons. The van der Waals surface area contributed by atoms with Crippen molar-refractivity contribution in [3.63, 3.8) is 0 Å². The van der Waals surface area contributed by atoms with Crippen molar-refractivity contribution in [2.75, 3.05) is 4.90 Å². The molecule has 0 spiro atoms. The molecule has 0 bridgehead atoms. The summed E-state index contributed by atoms with van der Waals surface area (Å²) in [6.45, 7) is 4.81. The van der Waals surface area contributed by atoms with Crippen molar-refractivity contribution in [1.29, 1.82) is 0 Å². The van der Waals surface area contributed by atoms with Crippen molar-refractivity contribution in [2.24, 2.45) is 5.92 Å². The molecule has 1 fully saturated rings. The van der Waals surface area contributed by atoms with Crippen molar-refractivity contribution >= 4 is 35.3 Å². The number of rotatable bonds is 5. The van der Waals surface area contributed by atoms with E-state index in [0.29, 0.717) is 22.9 Å². The van der Waals surface area contributed by atoms with Gasteiger partial charge in [0.1, 0.15) is 0 Å². The van der Waals surface area contributed by atoms with Crippen LogP contribution in [0.2, 0.25) is 0 Å². The Kier molecular flexibility index (Phi) is 7.28. The Hall–Kier alpha value is -3.31. The van der Waals surface area contributed by atoms with Crippen LogP contribution in [0.4, 0.5) is 5.69 Å². The van der Waals surface area contributed by atoms with Crippen molar-refractivity contribution in [1.82, 2.24) is 5.32 Å². The minimum Gasteiger partial charge on any atom is -0.349 e. The van der Waals surface area contributed by atoms with Gasteiger partial charge in [-0.15, -0.1) is 0 Å². The number of hydrogen-bond acceptors (Lipinski definition) is 3. The zero-order valence-corrected chi connectivity index (χ0v) is 21.7. The third-order valence-corrected chi connectivity index (χ3v) is 8.23. The van der Waals surface area contributed by atoms with Crippen molar-refractivity contribution < 1.29 is 9.59 Å². The van der Waals surface area contributed by atoms with Crippen LogP contribution in [0.1, 0.15) is 59.7 Å². The minimum absolute atomic E-state index is 0.00619. The molecule has 4 nitrogen and oxygen atoms in total. The van der Waals surface area contributed by atoms with Gasteiger partial charge in [-0.2, -0.15) is 0 Å². The fourth-order valence-corrected chi connectivity index (χ4v) is 6.14. The van der Waals surface area contributed by atoms with E-state index in [1.54, 1.807) is 0 Å². The Morgan fingerprint density at radius 3 is 2.58 bits per heavy atom. The number of carbonyl (C=O) groups excluding carboxylic acids is 2. The first-order valence-electron chi connectivity index (χ1n) is 12.7. The number of benzene rings is 3. The van der Waals surface area contributed by atoms with E-state index in [9.17, 15) is 9.59 Å². The van der Waals surface area contributed by atoms with Gasteiger partial charge in [-0.3, -0.25) is 9.59 Å². The van der Waals surface area contributed by atoms with E-state index < -0.39 is 0 Å². The molecule has 2 atom stereocenters. The monoisotopic (exact) mass is 496 g/mol. The highest BCUT2D eigenvalue weighted by Crippen LogP contribution is 2.42. The predicted octanol–water partition coefficient (Wildman–Crippen LogP) is 6.98. The van der Waals surface area contributed by atoms with Crippen LogP contribution in [-0.4, -0.2) is 17.9 Å². The Bertz CT molecular complexity index is 1300. The quantitative estimate of drug-likeness (QED) is 0.388. The number of nitrogens with zero attached hydrogens (tertiary/aromatic N) is 1. The lowest BCUT2D eigenvalue weighted by Crippen LogP contribution is -2.41. The summed E-state index contributed by atoms with van der Waals surface area (Å²) in [4.78, 5) is 30.0. The van der Waals surface area contributed by atoms with E-state index in [1.807, 2.05) is 59.5 Å². The van der Waals surface area contributed by atoms with Crippen LogP contribution in [0.3, 0.4) is 0 Å². The Labute approximate surface area is 217 Å². The largest absolute Gasteiger partial charge is 0.349 e. The van der Waals surface area contributed by atoms with Gasteiger partial charge in [0.2, 0.25) is 0 Å².